The summed E-state index contributed by atoms with van der Waals surface area (Å²) in [5, 5.41) is 7.74. The minimum Gasteiger partial charge on any atom is -0.356 e. The molecule has 0 aliphatic rings. The molecule has 0 atom stereocenters. The Labute approximate surface area is 176 Å². The standard InChI is InChI=1S/C24H26N2O2S/c27-23(14-7-16-26-24(28)22-13-8-18-29-22)25-17-15-21(19-9-3-1-4-10-19)20-11-5-2-6-12-20/h1-6,8-13,18,21H,7,14-17H2,(H,25,27)(H,26,28). The molecule has 0 aliphatic carbocycles. The summed E-state index contributed by atoms with van der Waals surface area (Å²) < 4.78 is 0. The molecule has 0 saturated carbocycles. The lowest BCUT2D eigenvalue weighted by Crippen LogP contribution is -2.28. The van der Waals surface area contributed by atoms with E-state index >= 15 is 0 Å². The molecular formula is C24H26N2O2S. The van der Waals surface area contributed by atoms with E-state index in [0.29, 0.717) is 30.8 Å². The summed E-state index contributed by atoms with van der Waals surface area (Å²) in [7, 11) is 0. The SMILES string of the molecule is O=C(CCCNC(=O)c1cccs1)NCCC(c1ccccc1)c1ccccc1. The summed E-state index contributed by atoms with van der Waals surface area (Å²) in [6.07, 6.45) is 1.88. The fraction of sp³-hybridized carbons (Fsp3) is 0.250. The van der Waals surface area contributed by atoms with Crippen molar-refractivity contribution in [2.24, 2.45) is 0 Å². The number of hydrogen-bond donors (Lipinski definition) is 2. The number of benzene rings is 2. The molecule has 5 heteroatoms. The van der Waals surface area contributed by atoms with Crippen molar-refractivity contribution in [2.45, 2.75) is 25.2 Å². The third kappa shape index (κ3) is 6.57. The molecule has 0 saturated heterocycles. The van der Waals surface area contributed by atoms with Gasteiger partial charge in [-0.15, -0.1) is 11.3 Å². The highest BCUT2D eigenvalue weighted by atomic mass is 32.1. The van der Waals surface area contributed by atoms with Crippen molar-refractivity contribution in [1.82, 2.24) is 10.6 Å². The molecule has 29 heavy (non-hydrogen) atoms. The number of carbonyl (C=O) groups is 2. The molecule has 3 rings (SSSR count). The Balaban J connectivity index is 1.41. The maximum Gasteiger partial charge on any atom is 0.261 e. The molecule has 0 spiro atoms. The van der Waals surface area contributed by atoms with Crippen LogP contribution in [0.5, 0.6) is 0 Å². The van der Waals surface area contributed by atoms with Crippen molar-refractivity contribution in [2.75, 3.05) is 13.1 Å². The van der Waals surface area contributed by atoms with Crippen LogP contribution in [0.15, 0.2) is 78.2 Å². The van der Waals surface area contributed by atoms with Crippen LogP contribution in [0.3, 0.4) is 0 Å². The van der Waals surface area contributed by atoms with E-state index in [1.54, 1.807) is 6.07 Å². The van der Waals surface area contributed by atoms with E-state index in [1.165, 1.54) is 22.5 Å². The van der Waals surface area contributed by atoms with Crippen LogP contribution in [0.4, 0.5) is 0 Å². The van der Waals surface area contributed by atoms with Gasteiger partial charge >= 0.3 is 0 Å². The van der Waals surface area contributed by atoms with Crippen molar-refractivity contribution in [3.63, 3.8) is 0 Å². The topological polar surface area (TPSA) is 58.2 Å². The number of nitrogens with one attached hydrogen (secondary N) is 2. The lowest BCUT2D eigenvalue weighted by molar-refractivity contribution is -0.121. The van der Waals surface area contributed by atoms with Gasteiger partial charge in [-0.05, 0) is 35.4 Å². The summed E-state index contributed by atoms with van der Waals surface area (Å²) in [6.45, 7) is 1.12. The summed E-state index contributed by atoms with van der Waals surface area (Å²) in [5.41, 5.74) is 2.51. The first-order valence-corrected chi connectivity index (χ1v) is 10.8. The normalized spacial score (nSPS) is 10.7. The molecule has 0 unspecified atom stereocenters. The van der Waals surface area contributed by atoms with Crippen LogP contribution < -0.4 is 10.6 Å². The van der Waals surface area contributed by atoms with E-state index in [-0.39, 0.29) is 17.7 Å². The smallest absolute Gasteiger partial charge is 0.261 e. The van der Waals surface area contributed by atoms with Crippen LogP contribution >= 0.6 is 11.3 Å². The van der Waals surface area contributed by atoms with Crippen LogP contribution in [-0.2, 0) is 4.79 Å². The highest BCUT2D eigenvalue weighted by Gasteiger charge is 2.14. The van der Waals surface area contributed by atoms with Crippen molar-refractivity contribution < 1.29 is 9.59 Å². The van der Waals surface area contributed by atoms with Gasteiger partial charge in [-0.25, -0.2) is 0 Å². The van der Waals surface area contributed by atoms with E-state index in [4.69, 9.17) is 0 Å². The van der Waals surface area contributed by atoms with E-state index in [9.17, 15) is 9.59 Å². The third-order valence-corrected chi connectivity index (χ3v) is 5.64. The fourth-order valence-corrected chi connectivity index (χ4v) is 3.93. The quantitative estimate of drug-likeness (QED) is 0.484. The van der Waals surface area contributed by atoms with Gasteiger partial charge in [0.2, 0.25) is 5.91 Å². The van der Waals surface area contributed by atoms with Crippen LogP contribution in [0.2, 0.25) is 0 Å². The van der Waals surface area contributed by atoms with Gasteiger partial charge in [0.1, 0.15) is 0 Å². The van der Waals surface area contributed by atoms with E-state index in [2.05, 4.69) is 34.9 Å². The Morgan fingerprint density at radius 2 is 1.45 bits per heavy atom. The van der Waals surface area contributed by atoms with Gasteiger partial charge in [0.05, 0.1) is 4.88 Å². The second kappa shape index (κ2) is 11.2. The van der Waals surface area contributed by atoms with Gasteiger partial charge in [-0.3, -0.25) is 9.59 Å². The predicted octanol–water partition coefficient (Wildman–Crippen LogP) is 4.60. The zero-order valence-corrected chi connectivity index (χ0v) is 17.2. The lowest BCUT2D eigenvalue weighted by Gasteiger charge is -2.18. The van der Waals surface area contributed by atoms with Gasteiger partial charge in [-0.2, -0.15) is 0 Å². The van der Waals surface area contributed by atoms with Crippen molar-refractivity contribution in [3.8, 4) is 0 Å². The summed E-state index contributed by atoms with van der Waals surface area (Å²) in [4.78, 5) is 24.7. The second-order valence-electron chi connectivity index (χ2n) is 6.85. The van der Waals surface area contributed by atoms with Gasteiger partial charge in [-0.1, -0.05) is 66.7 Å². The van der Waals surface area contributed by atoms with Crippen LogP contribution in [-0.4, -0.2) is 24.9 Å². The minimum atomic E-state index is -0.0750. The molecule has 0 radical (unpaired) electrons. The van der Waals surface area contributed by atoms with E-state index in [0.717, 1.165) is 6.42 Å². The summed E-state index contributed by atoms with van der Waals surface area (Å²) >= 11 is 1.41. The molecule has 3 aromatic rings. The molecule has 1 aromatic heterocycles. The van der Waals surface area contributed by atoms with Gasteiger partial charge in [0, 0.05) is 25.4 Å². The number of amides is 2. The Bertz CT molecular complexity index is 840. The average Bonchev–Trinajstić information content (AvgIpc) is 3.30. The van der Waals surface area contributed by atoms with Crippen LogP contribution in [0.1, 0.15) is 46.0 Å². The number of carbonyl (C=O) groups excluding carboxylic acids is 2. The molecule has 0 aliphatic heterocycles. The van der Waals surface area contributed by atoms with E-state index < -0.39 is 0 Å². The van der Waals surface area contributed by atoms with Crippen LogP contribution in [0.25, 0.3) is 0 Å². The highest BCUT2D eigenvalue weighted by Crippen LogP contribution is 2.27. The lowest BCUT2D eigenvalue weighted by atomic mass is 9.88. The van der Waals surface area contributed by atoms with Crippen molar-refractivity contribution in [1.29, 1.82) is 0 Å². The Morgan fingerprint density at radius 1 is 0.793 bits per heavy atom. The summed E-state index contributed by atoms with van der Waals surface area (Å²) in [6, 6.07) is 24.4. The molecule has 0 fully saturated rings. The molecular weight excluding hydrogens is 380 g/mol. The number of hydrogen-bond acceptors (Lipinski definition) is 3. The maximum absolute atomic E-state index is 12.1. The second-order valence-corrected chi connectivity index (χ2v) is 7.80. The number of thiophene rings is 1. The van der Waals surface area contributed by atoms with Crippen molar-refractivity contribution in [3.05, 3.63) is 94.2 Å². The molecule has 2 amide bonds. The Hall–Kier alpha value is -2.92. The first-order chi connectivity index (χ1) is 14.2. The largest absolute Gasteiger partial charge is 0.356 e. The average molecular weight is 407 g/mol. The van der Waals surface area contributed by atoms with E-state index in [1.807, 2.05) is 47.8 Å². The molecule has 150 valence electrons. The highest BCUT2D eigenvalue weighted by molar-refractivity contribution is 7.12. The fourth-order valence-electron chi connectivity index (χ4n) is 3.29. The zero-order chi connectivity index (χ0) is 20.3. The molecule has 1 heterocycles. The summed E-state index contributed by atoms with van der Waals surface area (Å²) in [5.74, 6) is 0.201. The Morgan fingerprint density at radius 3 is 2.03 bits per heavy atom. The molecule has 2 N–H and O–H groups in total. The third-order valence-electron chi connectivity index (χ3n) is 4.77. The van der Waals surface area contributed by atoms with Crippen LogP contribution in [0, 0.1) is 0 Å². The molecule has 0 bridgehead atoms. The monoisotopic (exact) mass is 406 g/mol. The number of rotatable bonds is 10. The van der Waals surface area contributed by atoms with Gasteiger partial charge in [0.15, 0.2) is 0 Å². The van der Waals surface area contributed by atoms with Crippen molar-refractivity contribution >= 4 is 23.2 Å². The minimum absolute atomic E-state index is 0.0234. The van der Waals surface area contributed by atoms with Gasteiger partial charge in [0.25, 0.3) is 5.91 Å². The first kappa shape index (κ1) is 20.8. The maximum atomic E-state index is 12.1. The van der Waals surface area contributed by atoms with Gasteiger partial charge < -0.3 is 10.6 Å². The predicted molar refractivity (Wildman–Crippen MR) is 118 cm³/mol. The first-order valence-electron chi connectivity index (χ1n) is 9.92. The molecule has 2 aromatic carbocycles. The molecule has 4 nitrogen and oxygen atoms in total. The zero-order valence-electron chi connectivity index (χ0n) is 16.3. The Kier molecular flexibility index (Phi) is 8.01.